The molecule has 2 aliphatic carbocycles. The molecule has 4 rings (SSSR count). The summed E-state index contributed by atoms with van der Waals surface area (Å²) in [7, 11) is 0. The number of nitrogens with two attached hydrogens (primary N) is 1. The maximum atomic E-state index is 13.4. The van der Waals surface area contributed by atoms with Gasteiger partial charge in [0.15, 0.2) is 11.7 Å². The Hall–Kier alpha value is -2.46. The quantitative estimate of drug-likeness (QED) is 0.825. The van der Waals surface area contributed by atoms with Gasteiger partial charge in [-0.2, -0.15) is 15.0 Å². The number of anilines is 2. The summed E-state index contributed by atoms with van der Waals surface area (Å²) < 4.78 is 58.5. The summed E-state index contributed by atoms with van der Waals surface area (Å²) in [6, 6.07) is -1.25. The second-order valence-corrected chi connectivity index (χ2v) is 6.81. The van der Waals surface area contributed by atoms with Gasteiger partial charge in [-0.25, -0.2) is 22.5 Å². The first-order chi connectivity index (χ1) is 12.1. The summed E-state index contributed by atoms with van der Waals surface area (Å²) in [5, 5.41) is 0. The van der Waals surface area contributed by atoms with E-state index in [1.807, 2.05) is 0 Å². The van der Waals surface area contributed by atoms with Crippen LogP contribution >= 0.6 is 0 Å². The minimum absolute atomic E-state index is 0.00848. The molecular formula is C15H16F4N6O. The standard InChI is InChI=1S/C15H16F4N6O/c1-7-21-10(6-26-7)11-22-12(20)24-13(23-11)25(8-2-14(16,17)3-8)9-4-15(18,19)5-9/h6,8-9H,2-5H2,1H3,(H2,20,22,23,24). The van der Waals surface area contributed by atoms with Crippen LogP contribution in [0.5, 0.6) is 0 Å². The van der Waals surface area contributed by atoms with Crippen molar-refractivity contribution in [2.24, 2.45) is 0 Å². The number of oxazole rings is 1. The van der Waals surface area contributed by atoms with Gasteiger partial charge in [-0.15, -0.1) is 0 Å². The summed E-state index contributed by atoms with van der Waals surface area (Å²) in [6.45, 7) is 1.63. The first-order valence-corrected chi connectivity index (χ1v) is 8.10. The fourth-order valence-electron chi connectivity index (χ4n) is 3.35. The molecule has 0 amide bonds. The molecule has 0 spiro atoms. The van der Waals surface area contributed by atoms with Crippen LogP contribution in [0.4, 0.5) is 29.5 Å². The fourth-order valence-corrected chi connectivity index (χ4v) is 3.35. The molecule has 0 aromatic carbocycles. The van der Waals surface area contributed by atoms with Crippen LogP contribution < -0.4 is 10.6 Å². The molecule has 0 aliphatic heterocycles. The van der Waals surface area contributed by atoms with E-state index in [2.05, 4.69) is 19.9 Å². The molecule has 0 radical (unpaired) electrons. The number of aryl methyl sites for hydroxylation is 1. The number of nitrogen functional groups attached to an aromatic ring is 1. The van der Waals surface area contributed by atoms with Crippen molar-refractivity contribution in [3.05, 3.63) is 12.2 Å². The molecule has 2 aromatic rings. The summed E-state index contributed by atoms with van der Waals surface area (Å²) in [4.78, 5) is 17.7. The molecule has 26 heavy (non-hydrogen) atoms. The lowest BCUT2D eigenvalue weighted by Crippen LogP contribution is -2.60. The van der Waals surface area contributed by atoms with Crippen LogP contribution in [0.3, 0.4) is 0 Å². The van der Waals surface area contributed by atoms with Gasteiger partial charge in [0.2, 0.25) is 11.9 Å². The van der Waals surface area contributed by atoms with E-state index in [1.165, 1.54) is 11.2 Å². The Balaban J connectivity index is 1.68. The highest BCUT2D eigenvalue weighted by molar-refractivity contribution is 5.53. The van der Waals surface area contributed by atoms with E-state index in [9.17, 15) is 17.6 Å². The molecule has 0 bridgehead atoms. The van der Waals surface area contributed by atoms with Crippen LogP contribution in [-0.2, 0) is 0 Å². The zero-order valence-electron chi connectivity index (χ0n) is 13.8. The van der Waals surface area contributed by atoms with Crippen LogP contribution in [0, 0.1) is 6.92 Å². The number of hydrogen-bond acceptors (Lipinski definition) is 7. The highest BCUT2D eigenvalue weighted by atomic mass is 19.3. The third-order valence-corrected chi connectivity index (χ3v) is 4.64. The predicted octanol–water partition coefficient (Wildman–Crippen LogP) is 2.82. The molecule has 11 heteroatoms. The van der Waals surface area contributed by atoms with E-state index in [0.29, 0.717) is 11.6 Å². The second-order valence-electron chi connectivity index (χ2n) is 6.81. The molecule has 0 atom stereocenters. The highest BCUT2D eigenvalue weighted by Crippen LogP contribution is 2.48. The molecule has 0 unspecified atom stereocenters. The molecule has 2 N–H and O–H groups in total. The molecule has 2 aliphatic rings. The average molecular weight is 372 g/mol. The van der Waals surface area contributed by atoms with E-state index < -0.39 is 49.6 Å². The average Bonchev–Trinajstić information content (AvgIpc) is 2.90. The topological polar surface area (TPSA) is 94.0 Å². The van der Waals surface area contributed by atoms with Gasteiger partial charge >= 0.3 is 0 Å². The van der Waals surface area contributed by atoms with Gasteiger partial charge in [0.05, 0.1) is 0 Å². The van der Waals surface area contributed by atoms with Gasteiger partial charge in [0, 0.05) is 44.7 Å². The fraction of sp³-hybridized carbons (Fsp3) is 0.600. The number of aromatic nitrogens is 4. The summed E-state index contributed by atoms with van der Waals surface area (Å²) >= 11 is 0. The van der Waals surface area contributed by atoms with Gasteiger partial charge in [-0.05, 0) is 0 Å². The van der Waals surface area contributed by atoms with Crippen LogP contribution in [0.25, 0.3) is 11.5 Å². The molecule has 0 saturated heterocycles. The number of halogens is 4. The lowest BCUT2D eigenvalue weighted by molar-refractivity contribution is -0.111. The van der Waals surface area contributed by atoms with Crippen molar-refractivity contribution in [1.29, 1.82) is 0 Å². The minimum Gasteiger partial charge on any atom is -0.449 e. The van der Waals surface area contributed by atoms with Crippen molar-refractivity contribution in [2.45, 2.75) is 56.5 Å². The van der Waals surface area contributed by atoms with Crippen LogP contribution in [0.1, 0.15) is 31.6 Å². The SMILES string of the molecule is Cc1nc(-c2nc(N)nc(N(C3CC(F)(F)C3)C3CC(F)(F)C3)n2)co1. The molecule has 2 heterocycles. The largest absolute Gasteiger partial charge is 0.449 e. The van der Waals surface area contributed by atoms with Gasteiger partial charge in [-0.1, -0.05) is 0 Å². The van der Waals surface area contributed by atoms with Crippen molar-refractivity contribution in [1.82, 2.24) is 19.9 Å². The molecule has 2 fully saturated rings. The Kier molecular flexibility index (Phi) is 3.60. The van der Waals surface area contributed by atoms with Gasteiger partial charge in [-0.3, -0.25) is 0 Å². The van der Waals surface area contributed by atoms with Gasteiger partial charge < -0.3 is 15.1 Å². The third-order valence-electron chi connectivity index (χ3n) is 4.64. The molecule has 7 nitrogen and oxygen atoms in total. The highest BCUT2D eigenvalue weighted by Gasteiger charge is 2.55. The van der Waals surface area contributed by atoms with Crippen molar-refractivity contribution in [3.8, 4) is 11.5 Å². The number of alkyl halides is 4. The van der Waals surface area contributed by atoms with E-state index in [1.54, 1.807) is 6.92 Å². The van der Waals surface area contributed by atoms with Gasteiger partial charge in [0.1, 0.15) is 12.0 Å². The first kappa shape index (κ1) is 17.0. The van der Waals surface area contributed by atoms with Crippen LogP contribution in [0.2, 0.25) is 0 Å². The van der Waals surface area contributed by atoms with Crippen molar-refractivity contribution < 1.29 is 22.0 Å². The summed E-state index contributed by atoms with van der Waals surface area (Å²) in [6.07, 6.45) is -0.399. The number of hydrogen-bond donors (Lipinski definition) is 1. The summed E-state index contributed by atoms with van der Waals surface area (Å²) in [5.41, 5.74) is 6.03. The molecule has 140 valence electrons. The lowest BCUT2D eigenvalue weighted by Gasteiger charge is -2.50. The normalized spacial score (nSPS) is 21.9. The van der Waals surface area contributed by atoms with E-state index in [4.69, 9.17) is 10.2 Å². The monoisotopic (exact) mass is 372 g/mol. The Bertz CT molecular complexity index is 801. The Morgan fingerprint density at radius 1 is 1.00 bits per heavy atom. The van der Waals surface area contributed by atoms with Crippen LogP contribution in [0.15, 0.2) is 10.7 Å². The Morgan fingerprint density at radius 2 is 1.58 bits per heavy atom. The predicted molar refractivity (Wildman–Crippen MR) is 82.9 cm³/mol. The second kappa shape index (κ2) is 5.52. The van der Waals surface area contributed by atoms with Crippen molar-refractivity contribution >= 4 is 11.9 Å². The van der Waals surface area contributed by atoms with E-state index in [0.717, 1.165) is 0 Å². The minimum atomic E-state index is -2.81. The van der Waals surface area contributed by atoms with E-state index in [-0.39, 0.29) is 17.7 Å². The molecule has 2 saturated carbocycles. The zero-order valence-corrected chi connectivity index (χ0v) is 13.8. The Labute approximate surface area is 145 Å². The Morgan fingerprint density at radius 3 is 2.04 bits per heavy atom. The van der Waals surface area contributed by atoms with Crippen molar-refractivity contribution in [2.75, 3.05) is 10.6 Å². The number of rotatable bonds is 4. The molecule has 2 aromatic heterocycles. The lowest BCUT2D eigenvalue weighted by atomic mass is 9.80. The summed E-state index contributed by atoms with van der Waals surface area (Å²) in [5.74, 6) is -5.26. The maximum absolute atomic E-state index is 13.4. The zero-order chi connectivity index (χ0) is 18.7. The van der Waals surface area contributed by atoms with Crippen LogP contribution in [-0.4, -0.2) is 43.9 Å². The number of nitrogens with zero attached hydrogens (tertiary/aromatic N) is 5. The first-order valence-electron chi connectivity index (χ1n) is 8.10. The molecular weight excluding hydrogens is 356 g/mol. The third kappa shape index (κ3) is 3.06. The van der Waals surface area contributed by atoms with E-state index >= 15 is 0 Å². The van der Waals surface area contributed by atoms with Crippen molar-refractivity contribution in [3.63, 3.8) is 0 Å². The smallest absolute Gasteiger partial charge is 0.252 e. The van der Waals surface area contributed by atoms with Gasteiger partial charge in [0.25, 0.3) is 11.8 Å². The maximum Gasteiger partial charge on any atom is 0.252 e.